The number of hydrogen-bond donors (Lipinski definition) is 0. The zero-order valence-electron chi connectivity index (χ0n) is 14.2. The molecule has 3 atom stereocenters. The van der Waals surface area contributed by atoms with Crippen LogP contribution < -0.4 is 0 Å². The number of nitrogens with zero attached hydrogens (tertiary/aromatic N) is 9. The molecule has 0 amide bonds. The van der Waals surface area contributed by atoms with Crippen LogP contribution in [0.4, 0.5) is 0 Å². The van der Waals surface area contributed by atoms with Crippen molar-refractivity contribution in [2.45, 2.75) is 37.9 Å². The van der Waals surface area contributed by atoms with Gasteiger partial charge in [-0.25, -0.2) is 0 Å². The third kappa shape index (κ3) is 3.49. The molecule has 0 aromatic heterocycles. The minimum atomic E-state index is -0.152. The van der Waals surface area contributed by atoms with E-state index >= 15 is 0 Å². The Morgan fingerprint density at radius 3 is 1.07 bits per heavy atom. The molecule has 0 saturated carbocycles. The Morgan fingerprint density at radius 2 is 0.889 bits per heavy atom. The highest BCUT2D eigenvalue weighted by Crippen LogP contribution is 2.49. The first kappa shape index (κ1) is 17.4. The van der Waals surface area contributed by atoms with Crippen molar-refractivity contribution in [3.8, 4) is 0 Å². The maximum absolute atomic E-state index is 8.83. The molecule has 12 heteroatoms. The predicted octanol–water partition coefficient (Wildman–Crippen LogP) is 4.33. The molecule has 3 heterocycles. The summed E-state index contributed by atoms with van der Waals surface area (Å²) in [4.78, 5) is 8.64. The molecule has 0 radical (unpaired) electrons. The van der Waals surface area contributed by atoms with Gasteiger partial charge in [0.05, 0.1) is 39.5 Å². The minimum Gasteiger partial charge on any atom is -0.368 e. The fourth-order valence-corrected chi connectivity index (χ4v) is 3.61. The number of benzene rings is 1. The SMILES string of the molecule is [N-]=[N+]=NCc1c([C@@H]2CO2)c(CN=[N+]=[N-])c([C@H]2CO2)c(CN=[N+]=[N-])c1[C@H]1CO1. The van der Waals surface area contributed by atoms with Crippen LogP contribution in [-0.2, 0) is 33.8 Å². The third-order valence-electron chi connectivity index (χ3n) is 4.79. The minimum absolute atomic E-state index is 0.110. The van der Waals surface area contributed by atoms with Crippen molar-refractivity contribution in [3.05, 3.63) is 64.7 Å². The fourth-order valence-electron chi connectivity index (χ4n) is 3.61. The van der Waals surface area contributed by atoms with Gasteiger partial charge in [-0.2, -0.15) is 0 Å². The number of azide groups is 3. The Morgan fingerprint density at radius 1 is 0.630 bits per heavy atom. The number of ether oxygens (including phenoxy) is 3. The molecule has 138 valence electrons. The summed E-state index contributed by atoms with van der Waals surface area (Å²) in [6, 6.07) is 0. The van der Waals surface area contributed by atoms with Gasteiger partial charge in [0, 0.05) is 14.7 Å². The Balaban J connectivity index is 2.01. The average Bonchev–Trinajstić information content (AvgIpc) is 3.52. The standard InChI is InChI=1S/C15H15N9O3/c16-22-19-1-7-13(10-4-25-10)8(2-20-23-17)15(12-6-27-12)9(3-21-24-18)14(7)11-5-26-11/h10-12H,1-6H2/t10-,11-,12+/m1/s1. The summed E-state index contributed by atoms with van der Waals surface area (Å²) in [7, 11) is 0. The van der Waals surface area contributed by atoms with Crippen LogP contribution >= 0.6 is 0 Å². The van der Waals surface area contributed by atoms with Crippen molar-refractivity contribution in [3.63, 3.8) is 0 Å². The molecule has 0 N–H and O–H groups in total. The zero-order valence-corrected chi connectivity index (χ0v) is 14.2. The Kier molecular flexibility index (Phi) is 4.74. The van der Waals surface area contributed by atoms with E-state index in [1.165, 1.54) is 0 Å². The normalized spacial score (nSPS) is 24.2. The lowest BCUT2D eigenvalue weighted by atomic mass is 9.82. The van der Waals surface area contributed by atoms with Crippen molar-refractivity contribution in [2.24, 2.45) is 15.3 Å². The second-order valence-electron chi connectivity index (χ2n) is 6.31. The molecule has 0 aliphatic carbocycles. The van der Waals surface area contributed by atoms with E-state index in [1.54, 1.807) is 0 Å². The van der Waals surface area contributed by atoms with Gasteiger partial charge in [0.15, 0.2) is 0 Å². The van der Waals surface area contributed by atoms with Crippen molar-refractivity contribution >= 4 is 0 Å². The summed E-state index contributed by atoms with van der Waals surface area (Å²) < 4.78 is 16.6. The number of epoxide rings is 3. The summed E-state index contributed by atoms with van der Waals surface area (Å²) >= 11 is 0. The Hall–Kier alpha value is -2.97. The first-order valence-corrected chi connectivity index (χ1v) is 8.37. The van der Waals surface area contributed by atoms with Crippen LogP contribution in [-0.4, -0.2) is 19.8 Å². The first-order chi connectivity index (χ1) is 13.3. The van der Waals surface area contributed by atoms with Gasteiger partial charge < -0.3 is 14.2 Å². The van der Waals surface area contributed by atoms with Crippen molar-refractivity contribution < 1.29 is 14.2 Å². The summed E-state index contributed by atoms with van der Waals surface area (Å²) in [6.07, 6.45) is -0.455. The van der Waals surface area contributed by atoms with Gasteiger partial charge in [0.1, 0.15) is 18.3 Å². The summed E-state index contributed by atoms with van der Waals surface area (Å²) in [5.41, 5.74) is 31.5. The molecule has 0 unspecified atom stereocenters. The van der Waals surface area contributed by atoms with Gasteiger partial charge in [0.25, 0.3) is 0 Å². The van der Waals surface area contributed by atoms with Crippen molar-refractivity contribution in [1.29, 1.82) is 0 Å². The summed E-state index contributed by atoms with van der Waals surface area (Å²) in [6.45, 7) is 1.95. The van der Waals surface area contributed by atoms with Gasteiger partial charge in [-0.05, 0) is 50.0 Å². The molecule has 0 bridgehead atoms. The third-order valence-corrected chi connectivity index (χ3v) is 4.79. The van der Waals surface area contributed by atoms with Crippen LogP contribution in [0.2, 0.25) is 0 Å². The Labute approximate surface area is 152 Å². The zero-order chi connectivity index (χ0) is 18.8. The first-order valence-electron chi connectivity index (χ1n) is 8.37. The quantitative estimate of drug-likeness (QED) is 0.272. The molecule has 3 aliphatic heterocycles. The lowest BCUT2D eigenvalue weighted by Crippen LogP contribution is -2.13. The highest BCUT2D eigenvalue weighted by molar-refractivity contribution is 5.57. The highest BCUT2D eigenvalue weighted by Gasteiger charge is 2.42. The van der Waals surface area contributed by atoms with E-state index in [9.17, 15) is 0 Å². The van der Waals surface area contributed by atoms with E-state index in [-0.39, 0.29) is 37.9 Å². The van der Waals surface area contributed by atoms with Crippen LogP contribution in [0.5, 0.6) is 0 Å². The topological polar surface area (TPSA) is 184 Å². The summed E-state index contributed by atoms with van der Waals surface area (Å²) in [5, 5.41) is 11.2. The van der Waals surface area contributed by atoms with E-state index < -0.39 is 0 Å². The largest absolute Gasteiger partial charge is 0.368 e. The van der Waals surface area contributed by atoms with Crippen LogP contribution in [0.1, 0.15) is 51.7 Å². The maximum atomic E-state index is 8.83. The van der Waals surface area contributed by atoms with Crippen LogP contribution in [0.3, 0.4) is 0 Å². The lowest BCUT2D eigenvalue weighted by Gasteiger charge is -2.23. The molecule has 3 fully saturated rings. The molecule has 12 nitrogen and oxygen atoms in total. The molecule has 4 rings (SSSR count). The highest BCUT2D eigenvalue weighted by atomic mass is 16.6. The van der Waals surface area contributed by atoms with Gasteiger partial charge in [-0.15, -0.1) is 0 Å². The van der Waals surface area contributed by atoms with Crippen LogP contribution in [0.25, 0.3) is 31.3 Å². The molecule has 1 aromatic rings. The smallest absolute Gasteiger partial charge is 0.107 e. The van der Waals surface area contributed by atoms with E-state index in [1.807, 2.05) is 0 Å². The second kappa shape index (κ2) is 7.34. The predicted molar refractivity (Wildman–Crippen MR) is 91.1 cm³/mol. The van der Waals surface area contributed by atoms with E-state index in [0.29, 0.717) is 19.8 Å². The van der Waals surface area contributed by atoms with Gasteiger partial charge in [-0.3, -0.25) is 0 Å². The molecule has 3 aliphatic rings. The van der Waals surface area contributed by atoms with Gasteiger partial charge >= 0.3 is 0 Å². The number of rotatable bonds is 9. The fraction of sp³-hybridized carbons (Fsp3) is 0.600. The molecular weight excluding hydrogens is 354 g/mol. The second-order valence-corrected chi connectivity index (χ2v) is 6.31. The molecule has 1 aromatic carbocycles. The van der Waals surface area contributed by atoms with E-state index in [4.69, 9.17) is 30.8 Å². The van der Waals surface area contributed by atoms with Crippen molar-refractivity contribution in [1.82, 2.24) is 0 Å². The molecule has 3 saturated heterocycles. The van der Waals surface area contributed by atoms with Gasteiger partial charge in [-0.1, -0.05) is 15.3 Å². The van der Waals surface area contributed by atoms with Crippen molar-refractivity contribution in [2.75, 3.05) is 19.8 Å². The van der Waals surface area contributed by atoms with Crippen LogP contribution in [0.15, 0.2) is 15.3 Å². The van der Waals surface area contributed by atoms with E-state index in [0.717, 1.165) is 33.4 Å². The molecule has 27 heavy (non-hydrogen) atoms. The van der Waals surface area contributed by atoms with E-state index in [2.05, 4.69) is 30.1 Å². The van der Waals surface area contributed by atoms with Gasteiger partial charge in [0.2, 0.25) is 0 Å². The Bertz CT molecular complexity index is 777. The lowest BCUT2D eigenvalue weighted by molar-refractivity contribution is 0.399. The average molecular weight is 369 g/mol. The monoisotopic (exact) mass is 369 g/mol. The van der Waals surface area contributed by atoms with Crippen LogP contribution in [0, 0.1) is 0 Å². The number of hydrogen-bond acceptors (Lipinski definition) is 6. The maximum Gasteiger partial charge on any atom is 0.107 e. The molecular formula is C15H15N9O3. The molecule has 0 spiro atoms. The summed E-state index contributed by atoms with van der Waals surface area (Å²) in [5.74, 6) is 0.